The Morgan fingerprint density at radius 3 is 2.62 bits per heavy atom. The number of rotatable bonds is 3. The van der Waals surface area contributed by atoms with Crippen molar-refractivity contribution in [2.45, 2.75) is 31.1 Å². The number of hydrogen-bond donors (Lipinski definition) is 1. The van der Waals surface area contributed by atoms with Crippen molar-refractivity contribution in [2.24, 2.45) is 5.92 Å². The van der Waals surface area contributed by atoms with Gasteiger partial charge in [-0.05, 0) is 19.9 Å². The van der Waals surface area contributed by atoms with Crippen LogP contribution >= 0.6 is 0 Å². The molecule has 2 bridgehead atoms. The predicted molar refractivity (Wildman–Crippen MR) is 61.5 cm³/mol. The second-order valence-corrected chi connectivity index (χ2v) is 5.37. The molecule has 3 fully saturated rings. The van der Waals surface area contributed by atoms with E-state index in [1.54, 1.807) is 0 Å². The molecule has 0 radical (unpaired) electrons. The van der Waals surface area contributed by atoms with Crippen molar-refractivity contribution in [3.8, 4) is 0 Å². The van der Waals surface area contributed by atoms with Crippen molar-refractivity contribution < 1.29 is 9.47 Å². The van der Waals surface area contributed by atoms with Crippen LogP contribution in [-0.2, 0) is 9.47 Å². The van der Waals surface area contributed by atoms with Crippen molar-refractivity contribution in [1.82, 2.24) is 10.2 Å². The zero-order valence-corrected chi connectivity index (χ0v) is 10.0. The Balaban J connectivity index is 1.54. The lowest BCUT2D eigenvalue weighted by Gasteiger charge is -2.34. The van der Waals surface area contributed by atoms with Gasteiger partial charge in [-0.2, -0.15) is 0 Å². The largest absolute Gasteiger partial charge is 0.379 e. The van der Waals surface area contributed by atoms with E-state index in [2.05, 4.69) is 10.2 Å². The van der Waals surface area contributed by atoms with Gasteiger partial charge in [-0.3, -0.25) is 4.90 Å². The molecule has 4 heteroatoms. The highest BCUT2D eigenvalue weighted by Gasteiger charge is 2.36. The summed E-state index contributed by atoms with van der Waals surface area (Å²) in [6.07, 6.45) is 3.54. The van der Waals surface area contributed by atoms with Crippen LogP contribution in [0.2, 0.25) is 0 Å². The molecule has 0 aromatic heterocycles. The maximum absolute atomic E-state index is 5.86. The number of nitrogens with zero attached hydrogens (tertiary/aromatic N) is 1. The van der Waals surface area contributed by atoms with Gasteiger partial charge in [0.1, 0.15) is 0 Å². The fourth-order valence-corrected chi connectivity index (χ4v) is 3.28. The Hall–Kier alpha value is -0.160. The first-order chi connectivity index (χ1) is 7.85. The summed E-state index contributed by atoms with van der Waals surface area (Å²) in [5.41, 5.74) is 0. The lowest BCUT2D eigenvalue weighted by molar-refractivity contribution is -0.0433. The van der Waals surface area contributed by atoms with Crippen molar-refractivity contribution in [3.05, 3.63) is 0 Å². The summed E-state index contributed by atoms with van der Waals surface area (Å²) >= 11 is 0. The molecule has 92 valence electrons. The molecule has 4 atom stereocenters. The molecular formula is C12H22N2O2. The summed E-state index contributed by atoms with van der Waals surface area (Å²) in [4.78, 5) is 2.58. The minimum absolute atomic E-state index is 0.508. The molecule has 0 aromatic rings. The summed E-state index contributed by atoms with van der Waals surface area (Å²) in [6, 6.07) is 0.542. The zero-order chi connectivity index (χ0) is 11.0. The molecule has 0 amide bonds. The van der Waals surface area contributed by atoms with E-state index in [1.807, 2.05) is 7.05 Å². The summed E-state index contributed by atoms with van der Waals surface area (Å²) in [6.45, 7) is 5.21. The van der Waals surface area contributed by atoms with Crippen molar-refractivity contribution in [2.75, 3.05) is 39.9 Å². The molecule has 1 N–H and O–H groups in total. The Bertz CT molecular complexity index is 237. The SMILES string of the molecule is CNC1COCC1CN1CC2CCC(C1)O2. The molecule has 3 saturated heterocycles. The molecule has 0 spiro atoms. The average Bonchev–Trinajstić information content (AvgIpc) is 2.85. The Morgan fingerprint density at radius 1 is 1.19 bits per heavy atom. The molecule has 16 heavy (non-hydrogen) atoms. The average molecular weight is 226 g/mol. The van der Waals surface area contributed by atoms with Crippen molar-refractivity contribution >= 4 is 0 Å². The van der Waals surface area contributed by atoms with Gasteiger partial charge in [0.15, 0.2) is 0 Å². The molecule has 4 unspecified atom stereocenters. The quantitative estimate of drug-likeness (QED) is 0.739. The van der Waals surface area contributed by atoms with Gasteiger partial charge in [0.05, 0.1) is 25.4 Å². The standard InChI is InChI=1S/C12H22N2O2/c1-13-12-8-15-7-9(12)4-14-5-10-2-3-11(6-14)16-10/h9-13H,2-8H2,1H3. The van der Waals surface area contributed by atoms with Crippen LogP contribution in [0.3, 0.4) is 0 Å². The fourth-order valence-electron chi connectivity index (χ4n) is 3.28. The van der Waals surface area contributed by atoms with Gasteiger partial charge in [0.2, 0.25) is 0 Å². The maximum atomic E-state index is 5.86. The number of ether oxygens (including phenoxy) is 2. The van der Waals surface area contributed by atoms with Crippen LogP contribution in [0.15, 0.2) is 0 Å². The third kappa shape index (κ3) is 2.12. The van der Waals surface area contributed by atoms with Crippen LogP contribution in [0.1, 0.15) is 12.8 Å². The van der Waals surface area contributed by atoms with Gasteiger partial charge in [0.25, 0.3) is 0 Å². The van der Waals surface area contributed by atoms with Gasteiger partial charge < -0.3 is 14.8 Å². The minimum Gasteiger partial charge on any atom is -0.379 e. The lowest BCUT2D eigenvalue weighted by atomic mass is 10.0. The lowest BCUT2D eigenvalue weighted by Crippen LogP contribution is -2.47. The monoisotopic (exact) mass is 226 g/mol. The maximum Gasteiger partial charge on any atom is 0.0707 e. The molecule has 4 nitrogen and oxygen atoms in total. The topological polar surface area (TPSA) is 33.7 Å². The Labute approximate surface area is 97.3 Å². The van der Waals surface area contributed by atoms with E-state index in [4.69, 9.17) is 9.47 Å². The van der Waals surface area contributed by atoms with Crippen molar-refractivity contribution in [3.63, 3.8) is 0 Å². The molecule has 3 rings (SSSR count). The van der Waals surface area contributed by atoms with Crippen LogP contribution in [0, 0.1) is 5.92 Å². The number of likely N-dealkylation sites (N-methyl/N-ethyl adjacent to an activating group) is 1. The Kier molecular flexibility index (Phi) is 3.16. The highest BCUT2D eigenvalue weighted by Crippen LogP contribution is 2.27. The smallest absolute Gasteiger partial charge is 0.0707 e. The molecule has 0 aliphatic carbocycles. The van der Waals surface area contributed by atoms with E-state index in [-0.39, 0.29) is 0 Å². The number of nitrogens with one attached hydrogen (secondary N) is 1. The minimum atomic E-state index is 0.508. The van der Waals surface area contributed by atoms with Gasteiger partial charge in [0, 0.05) is 31.6 Å². The summed E-state index contributed by atoms with van der Waals surface area (Å²) in [7, 11) is 2.04. The first kappa shape index (κ1) is 11.0. The summed E-state index contributed by atoms with van der Waals surface area (Å²) < 4.78 is 11.4. The van der Waals surface area contributed by atoms with Gasteiger partial charge >= 0.3 is 0 Å². The van der Waals surface area contributed by atoms with E-state index in [9.17, 15) is 0 Å². The summed E-state index contributed by atoms with van der Waals surface area (Å²) in [5.74, 6) is 0.655. The molecule has 3 aliphatic heterocycles. The molecule has 0 saturated carbocycles. The molecule has 0 aromatic carbocycles. The Morgan fingerprint density at radius 2 is 1.94 bits per heavy atom. The molecular weight excluding hydrogens is 204 g/mol. The normalized spacial score (nSPS) is 44.1. The molecule has 3 heterocycles. The second-order valence-electron chi connectivity index (χ2n) is 5.37. The summed E-state index contributed by atoms with van der Waals surface area (Å²) in [5, 5.41) is 3.36. The van der Waals surface area contributed by atoms with Crippen molar-refractivity contribution in [1.29, 1.82) is 0 Å². The van der Waals surface area contributed by atoms with E-state index in [0.29, 0.717) is 24.2 Å². The number of fused-ring (bicyclic) bond motifs is 2. The molecule has 3 aliphatic rings. The second kappa shape index (κ2) is 4.61. The van der Waals surface area contributed by atoms with Gasteiger partial charge in [-0.1, -0.05) is 0 Å². The fraction of sp³-hybridized carbons (Fsp3) is 1.00. The van der Waals surface area contributed by atoms with E-state index in [0.717, 1.165) is 26.3 Å². The van der Waals surface area contributed by atoms with E-state index in [1.165, 1.54) is 19.4 Å². The first-order valence-corrected chi connectivity index (χ1v) is 6.48. The predicted octanol–water partition coefficient (Wildman–Crippen LogP) is 0.0840. The number of hydrogen-bond acceptors (Lipinski definition) is 4. The van der Waals surface area contributed by atoms with Crippen LogP contribution < -0.4 is 5.32 Å². The van der Waals surface area contributed by atoms with E-state index >= 15 is 0 Å². The third-order valence-corrected chi connectivity index (χ3v) is 4.18. The third-order valence-electron chi connectivity index (χ3n) is 4.18. The van der Waals surface area contributed by atoms with Crippen LogP contribution in [-0.4, -0.2) is 63.0 Å². The number of morpholine rings is 1. The highest BCUT2D eigenvalue weighted by atomic mass is 16.5. The van der Waals surface area contributed by atoms with Crippen LogP contribution in [0.25, 0.3) is 0 Å². The van der Waals surface area contributed by atoms with Crippen LogP contribution in [0.5, 0.6) is 0 Å². The van der Waals surface area contributed by atoms with E-state index < -0.39 is 0 Å². The highest BCUT2D eigenvalue weighted by molar-refractivity contribution is 4.89. The number of likely N-dealkylation sites (tertiary alicyclic amines) is 1. The van der Waals surface area contributed by atoms with Gasteiger partial charge in [-0.25, -0.2) is 0 Å². The van der Waals surface area contributed by atoms with Gasteiger partial charge in [-0.15, -0.1) is 0 Å². The zero-order valence-electron chi connectivity index (χ0n) is 10.0. The van der Waals surface area contributed by atoms with Crippen LogP contribution in [0.4, 0.5) is 0 Å². The first-order valence-electron chi connectivity index (χ1n) is 6.48.